The highest BCUT2D eigenvalue weighted by Crippen LogP contribution is 2.54. The second-order valence-electron chi connectivity index (χ2n) is 14.9. The molecule has 0 fully saturated rings. The Labute approximate surface area is 275 Å². The van der Waals surface area contributed by atoms with Gasteiger partial charge in [0.1, 0.15) is 17.1 Å². The van der Waals surface area contributed by atoms with Crippen LogP contribution in [0.3, 0.4) is 0 Å². The van der Waals surface area contributed by atoms with Crippen LogP contribution in [0, 0.1) is 5.92 Å². The zero-order valence-corrected chi connectivity index (χ0v) is 32.5. The van der Waals surface area contributed by atoms with Gasteiger partial charge in [0.25, 0.3) is 8.32 Å². The van der Waals surface area contributed by atoms with E-state index in [0.717, 1.165) is 31.6 Å². The zero-order chi connectivity index (χ0) is 32.2. The van der Waals surface area contributed by atoms with Crippen LogP contribution in [-0.2, 0) is 10.8 Å². The minimum absolute atomic E-state index is 0.199. The lowest BCUT2D eigenvalue weighted by Gasteiger charge is -2.48. The lowest BCUT2D eigenvalue weighted by atomic mass is 9.68. The van der Waals surface area contributed by atoms with E-state index in [4.69, 9.17) is 13.6 Å². The van der Waals surface area contributed by atoms with E-state index >= 15 is 0 Å². The van der Waals surface area contributed by atoms with Crippen molar-refractivity contribution in [1.29, 1.82) is 0 Å². The third kappa shape index (κ3) is 9.50. The summed E-state index contributed by atoms with van der Waals surface area (Å²) in [5.74, 6) is 3.05. The summed E-state index contributed by atoms with van der Waals surface area (Å²) in [7, 11) is -3.63. The molecule has 1 heterocycles. The van der Waals surface area contributed by atoms with Gasteiger partial charge < -0.3 is 13.6 Å². The zero-order valence-electron chi connectivity index (χ0n) is 30.5. The van der Waals surface area contributed by atoms with Crippen LogP contribution in [0.4, 0.5) is 0 Å². The molecule has 1 aromatic carbocycles. The maximum absolute atomic E-state index is 7.54. The van der Waals surface area contributed by atoms with Gasteiger partial charge in [-0.15, -0.1) is 0 Å². The van der Waals surface area contributed by atoms with Crippen LogP contribution in [0.15, 0.2) is 23.8 Å². The van der Waals surface area contributed by atoms with Crippen LogP contribution in [-0.4, -0.2) is 28.8 Å². The number of hydrogen-bond donors (Lipinski definition) is 0. The number of allylic oxidation sites excluding steroid dienone is 1. The van der Waals surface area contributed by atoms with Crippen molar-refractivity contribution in [2.24, 2.45) is 5.92 Å². The first-order valence-corrected chi connectivity index (χ1v) is 24.1. The van der Waals surface area contributed by atoms with Gasteiger partial charge in [-0.3, -0.25) is 0 Å². The van der Waals surface area contributed by atoms with Crippen molar-refractivity contribution >= 4 is 16.6 Å². The number of fused-ring (bicyclic) bond motifs is 3. The fourth-order valence-corrected chi connectivity index (χ4v) is 17.6. The van der Waals surface area contributed by atoms with Crippen LogP contribution < -0.4 is 9.16 Å². The van der Waals surface area contributed by atoms with E-state index in [-0.39, 0.29) is 5.60 Å². The molecule has 1 aromatic rings. The van der Waals surface area contributed by atoms with Crippen molar-refractivity contribution in [3.63, 3.8) is 0 Å². The molecule has 2 atom stereocenters. The van der Waals surface area contributed by atoms with Crippen molar-refractivity contribution in [3.05, 3.63) is 34.9 Å². The fraction of sp³-hybridized carbons (Fsp3) is 0.795. The summed E-state index contributed by atoms with van der Waals surface area (Å²) in [6.07, 6.45) is 17.1. The molecule has 3 rings (SSSR count). The van der Waals surface area contributed by atoms with E-state index in [2.05, 4.69) is 80.5 Å². The Hall–Kier alpha value is -1.05. The molecule has 2 aliphatic rings. The Balaban J connectivity index is 2.09. The lowest BCUT2D eigenvalue weighted by Crippen LogP contribution is -2.46. The van der Waals surface area contributed by atoms with Crippen molar-refractivity contribution in [1.82, 2.24) is 0 Å². The van der Waals surface area contributed by atoms with Gasteiger partial charge in [-0.2, -0.15) is 0 Å². The minimum atomic E-state index is -1.93. The third-order valence-electron chi connectivity index (χ3n) is 10.6. The van der Waals surface area contributed by atoms with Crippen LogP contribution in [0.1, 0.15) is 150 Å². The average Bonchev–Trinajstić information content (AvgIpc) is 2.96. The molecular weight excluding hydrogens is 573 g/mol. The Morgan fingerprint density at radius 1 is 0.750 bits per heavy atom. The van der Waals surface area contributed by atoms with Gasteiger partial charge in [0, 0.05) is 17.4 Å². The predicted molar refractivity (Wildman–Crippen MR) is 197 cm³/mol. The highest BCUT2D eigenvalue weighted by Gasteiger charge is 2.47. The average molecular weight is 643 g/mol. The Morgan fingerprint density at radius 3 is 1.86 bits per heavy atom. The van der Waals surface area contributed by atoms with Gasteiger partial charge in [-0.25, -0.2) is 0 Å². The van der Waals surface area contributed by atoms with Crippen LogP contribution >= 0.6 is 0 Å². The normalized spacial score (nSPS) is 19.6. The molecule has 0 saturated carbocycles. The predicted octanol–water partition coefficient (Wildman–Crippen LogP) is 12.8. The van der Waals surface area contributed by atoms with E-state index in [1.54, 1.807) is 0 Å². The molecule has 0 saturated heterocycles. The molecule has 0 amide bonds. The largest absolute Gasteiger partial charge is 0.543 e. The molecular formula is C39H70O3Si2. The molecule has 1 aliphatic heterocycles. The van der Waals surface area contributed by atoms with Crippen molar-refractivity contribution < 1.29 is 13.6 Å². The highest BCUT2D eigenvalue weighted by atomic mass is 28.4. The van der Waals surface area contributed by atoms with Crippen LogP contribution in [0.2, 0.25) is 36.3 Å². The van der Waals surface area contributed by atoms with Gasteiger partial charge in [0.15, 0.2) is 8.32 Å². The van der Waals surface area contributed by atoms with E-state index in [9.17, 15) is 0 Å². The summed E-state index contributed by atoms with van der Waals surface area (Å²) in [5, 5.41) is 0. The summed E-state index contributed by atoms with van der Waals surface area (Å²) >= 11 is 0. The van der Waals surface area contributed by atoms with Gasteiger partial charge in [-0.1, -0.05) is 106 Å². The fourth-order valence-electron chi connectivity index (χ4n) is 8.73. The molecule has 1 aliphatic carbocycles. The second kappa shape index (κ2) is 17.8. The number of hydrogen-bond acceptors (Lipinski definition) is 3. The standard InChI is InChI=1S/C39H70O3Si2/c1-10-17-18-19-32-29-36-38(37(30-32)42-44(25-14-5,26-15-6)27-16-7)34-28-33(20-21-35(34)39(8,9)41-36)31-40-43(22-11-2,23-12-3)24-13-4/h28-30,34-35H,10-27,31H2,1-9H3/t34-,35-/m0/s1. The maximum Gasteiger partial charge on any atom is 0.251 e. The summed E-state index contributed by atoms with van der Waals surface area (Å²) < 4.78 is 21.6. The van der Waals surface area contributed by atoms with Crippen molar-refractivity contribution in [2.45, 2.75) is 187 Å². The molecule has 252 valence electrons. The monoisotopic (exact) mass is 642 g/mol. The maximum atomic E-state index is 7.54. The minimum Gasteiger partial charge on any atom is -0.543 e. The first kappa shape index (κ1) is 37.4. The first-order valence-electron chi connectivity index (χ1n) is 19.0. The smallest absolute Gasteiger partial charge is 0.251 e. The van der Waals surface area contributed by atoms with Gasteiger partial charge in [-0.05, 0) is 99.1 Å². The van der Waals surface area contributed by atoms with E-state index in [1.165, 1.54) is 117 Å². The summed E-state index contributed by atoms with van der Waals surface area (Å²) in [6.45, 7) is 21.9. The molecule has 0 unspecified atom stereocenters. The number of ether oxygens (including phenoxy) is 1. The molecule has 0 radical (unpaired) electrons. The molecule has 0 aromatic heterocycles. The van der Waals surface area contributed by atoms with Gasteiger partial charge in [0.2, 0.25) is 0 Å². The number of unbranched alkanes of at least 4 members (excludes halogenated alkanes) is 2. The number of benzene rings is 1. The quantitative estimate of drug-likeness (QED) is 0.0758. The van der Waals surface area contributed by atoms with Crippen molar-refractivity contribution in [3.8, 4) is 11.5 Å². The lowest BCUT2D eigenvalue weighted by molar-refractivity contribution is 0.0103. The Bertz CT molecular complexity index is 998. The van der Waals surface area contributed by atoms with Crippen LogP contribution in [0.25, 0.3) is 0 Å². The second-order valence-corrected chi connectivity index (χ2v) is 23.1. The first-order chi connectivity index (χ1) is 21.2. The van der Waals surface area contributed by atoms with E-state index in [1.807, 2.05) is 0 Å². The highest BCUT2D eigenvalue weighted by molar-refractivity contribution is 6.74. The molecule has 0 spiro atoms. The number of aryl methyl sites for hydroxylation is 1. The van der Waals surface area contributed by atoms with E-state index in [0.29, 0.717) is 11.8 Å². The van der Waals surface area contributed by atoms with Crippen LogP contribution in [0.5, 0.6) is 11.5 Å². The molecule has 44 heavy (non-hydrogen) atoms. The molecule has 5 heteroatoms. The van der Waals surface area contributed by atoms with Gasteiger partial charge in [0.05, 0.1) is 6.61 Å². The molecule has 0 bridgehead atoms. The topological polar surface area (TPSA) is 27.7 Å². The third-order valence-corrected chi connectivity index (χ3v) is 20.5. The summed E-state index contributed by atoms with van der Waals surface area (Å²) in [6, 6.07) is 12.5. The van der Waals surface area contributed by atoms with Crippen molar-refractivity contribution in [2.75, 3.05) is 6.61 Å². The molecule has 3 nitrogen and oxygen atoms in total. The molecule has 0 N–H and O–H groups in total. The Morgan fingerprint density at radius 2 is 1.32 bits per heavy atom. The summed E-state index contributed by atoms with van der Waals surface area (Å²) in [5.41, 5.74) is 4.07. The number of rotatable bonds is 21. The summed E-state index contributed by atoms with van der Waals surface area (Å²) in [4.78, 5) is 0. The van der Waals surface area contributed by atoms with Gasteiger partial charge >= 0.3 is 0 Å². The SMILES string of the molecule is CCCCCc1cc2c(c(O[Si](CCC)(CCC)CCC)c1)[C@H]1C=C(CO[Si](CCC)(CCC)CCC)CC[C@@H]1C(C)(C)O2. The Kier molecular flexibility index (Phi) is 15.1. The van der Waals surface area contributed by atoms with E-state index < -0.39 is 16.6 Å².